The molecule has 1 aromatic rings. The van der Waals surface area contributed by atoms with Crippen LogP contribution in [0.3, 0.4) is 0 Å². The van der Waals surface area contributed by atoms with E-state index in [0.717, 1.165) is 0 Å². The number of pyridine rings is 1. The first kappa shape index (κ1) is 20.8. The monoisotopic (exact) mass is 364 g/mol. The van der Waals surface area contributed by atoms with Crippen molar-refractivity contribution in [1.82, 2.24) is 0 Å². The topological polar surface area (TPSA) is 118 Å². The molecule has 1 aromatic heterocycles. The Morgan fingerprint density at radius 3 is 1.73 bits per heavy atom. The van der Waals surface area contributed by atoms with Crippen molar-refractivity contribution < 1.29 is 43.7 Å². The molecule has 0 bridgehead atoms. The van der Waals surface area contributed by atoms with Gasteiger partial charge in [0, 0.05) is 18.6 Å². The van der Waals surface area contributed by atoms with E-state index in [1.165, 1.54) is 4.57 Å². The van der Waals surface area contributed by atoms with Crippen molar-refractivity contribution >= 4 is 20.2 Å². The Labute approximate surface area is 125 Å². The summed E-state index contributed by atoms with van der Waals surface area (Å²) in [6.45, 7) is 1.85. The van der Waals surface area contributed by atoms with Crippen LogP contribution in [0, 0.1) is 0 Å². The third kappa shape index (κ3) is 7.15. The minimum atomic E-state index is -6.09. The lowest BCUT2D eigenvalue weighted by Crippen LogP contribution is -2.43. The summed E-state index contributed by atoms with van der Waals surface area (Å²) in [6.07, 6.45) is 4.19. The maximum atomic E-state index is 10.9. The summed E-state index contributed by atoms with van der Waals surface area (Å²) in [5.41, 5.74) is -5.65. The molecule has 7 nitrogen and oxygen atoms in total. The molecule has 1 unspecified atom stereocenters. The highest BCUT2D eigenvalue weighted by molar-refractivity contribution is 7.86. The summed E-state index contributed by atoms with van der Waals surface area (Å²) in [5.74, 6) is 0. The van der Waals surface area contributed by atoms with E-state index in [1.807, 2.05) is 6.92 Å². The molecular weight excluding hydrogens is 351 g/mol. The average molecular weight is 364 g/mol. The standard InChI is InChI=1S/C9H13NO3S.CHF3O3S/c1-2-6-9(14(11,12)13)10-7-4-3-5-8-10;2-1(3,4)8(5,6)7/h3-5,7-9H,2,6H2,1H3;(H,5,6,7)/p-1. The smallest absolute Gasteiger partial charge is 0.485 e. The molecule has 0 N–H and O–H groups in total. The van der Waals surface area contributed by atoms with E-state index in [0.29, 0.717) is 12.8 Å². The molecule has 0 aromatic carbocycles. The molecule has 0 fully saturated rings. The Bertz CT molecular complexity index is 658. The van der Waals surface area contributed by atoms with E-state index in [2.05, 4.69) is 0 Å². The molecule has 12 heteroatoms. The molecule has 0 aliphatic heterocycles. The Morgan fingerprint density at radius 1 is 1.05 bits per heavy atom. The van der Waals surface area contributed by atoms with Gasteiger partial charge in [-0.3, -0.25) is 0 Å². The fraction of sp³-hybridized carbons (Fsp3) is 0.500. The van der Waals surface area contributed by atoms with Gasteiger partial charge in [0.15, 0.2) is 32.6 Å². The van der Waals surface area contributed by atoms with Crippen molar-refractivity contribution in [2.24, 2.45) is 0 Å². The summed E-state index contributed by atoms with van der Waals surface area (Å²) in [4.78, 5) is 0. The molecule has 0 aliphatic rings. The quantitative estimate of drug-likeness (QED) is 0.444. The Kier molecular flexibility index (Phi) is 7.41. The average Bonchev–Trinajstić information content (AvgIpc) is 2.34. The summed E-state index contributed by atoms with van der Waals surface area (Å²) in [5, 5.41) is -0.978. The molecule has 0 spiro atoms. The first-order valence-electron chi connectivity index (χ1n) is 5.73. The number of aromatic nitrogens is 1. The molecule has 22 heavy (non-hydrogen) atoms. The summed E-state index contributed by atoms with van der Waals surface area (Å²) in [7, 11) is -10.4. The molecule has 0 amide bonds. The van der Waals surface area contributed by atoms with Crippen LogP contribution in [0.4, 0.5) is 13.2 Å². The number of nitrogens with zero attached hydrogens (tertiary/aromatic N) is 1. The van der Waals surface area contributed by atoms with Gasteiger partial charge in [0.05, 0.1) is 0 Å². The van der Waals surface area contributed by atoms with Crippen molar-refractivity contribution in [3.63, 3.8) is 0 Å². The minimum Gasteiger partial charge on any atom is -0.743 e. The zero-order valence-corrected chi connectivity index (χ0v) is 12.9. The molecule has 0 saturated heterocycles. The molecule has 1 atom stereocenters. The van der Waals surface area contributed by atoms with Gasteiger partial charge in [0.25, 0.3) is 0 Å². The molecule has 0 aliphatic carbocycles. The normalized spacial score (nSPS) is 13.9. The molecule has 0 radical (unpaired) electrons. The van der Waals surface area contributed by atoms with Crippen LogP contribution in [0.25, 0.3) is 0 Å². The number of alkyl halides is 3. The highest BCUT2D eigenvalue weighted by Crippen LogP contribution is 2.20. The maximum absolute atomic E-state index is 10.9. The highest BCUT2D eigenvalue weighted by atomic mass is 32.2. The van der Waals surface area contributed by atoms with Gasteiger partial charge >= 0.3 is 5.51 Å². The SMILES string of the molecule is CCCC([n+]1ccccc1)S(=O)(=O)[O-].O=S(=O)([O-])C(F)(F)F. The Balaban J connectivity index is 0.000000472. The second-order valence-corrected chi connectivity index (χ2v) is 6.86. The van der Waals surface area contributed by atoms with E-state index >= 15 is 0 Å². The third-order valence-electron chi connectivity index (χ3n) is 2.22. The second kappa shape index (κ2) is 7.85. The van der Waals surface area contributed by atoms with Gasteiger partial charge in [-0.2, -0.15) is 17.7 Å². The van der Waals surface area contributed by atoms with Crippen LogP contribution in [0.1, 0.15) is 25.1 Å². The van der Waals surface area contributed by atoms with Gasteiger partial charge < -0.3 is 9.11 Å². The van der Waals surface area contributed by atoms with Gasteiger partial charge in [-0.1, -0.05) is 13.0 Å². The lowest BCUT2D eigenvalue weighted by Gasteiger charge is -2.14. The van der Waals surface area contributed by atoms with Crippen LogP contribution < -0.4 is 4.57 Å². The predicted octanol–water partition coefficient (Wildman–Crippen LogP) is 0.869. The second-order valence-electron chi connectivity index (χ2n) is 3.96. The van der Waals surface area contributed by atoms with Crippen LogP contribution in [0.15, 0.2) is 30.6 Å². The molecule has 128 valence electrons. The van der Waals surface area contributed by atoms with Gasteiger partial charge in [0.1, 0.15) is 0 Å². The highest BCUT2D eigenvalue weighted by Gasteiger charge is 2.36. The zero-order valence-electron chi connectivity index (χ0n) is 11.2. The number of hydrogen-bond donors (Lipinski definition) is 0. The molecular formula is C10H13F3NO6S2-. The van der Waals surface area contributed by atoms with Crippen LogP contribution in [-0.4, -0.2) is 31.4 Å². The van der Waals surface area contributed by atoms with E-state index < -0.39 is 31.1 Å². The van der Waals surface area contributed by atoms with E-state index in [1.54, 1.807) is 30.6 Å². The van der Waals surface area contributed by atoms with Crippen molar-refractivity contribution in [3.05, 3.63) is 30.6 Å². The minimum absolute atomic E-state index is 0.348. The Morgan fingerprint density at radius 2 is 1.45 bits per heavy atom. The van der Waals surface area contributed by atoms with Crippen LogP contribution in [0.5, 0.6) is 0 Å². The van der Waals surface area contributed by atoms with Crippen molar-refractivity contribution in [3.8, 4) is 0 Å². The largest absolute Gasteiger partial charge is 0.743 e. The van der Waals surface area contributed by atoms with Gasteiger partial charge in [-0.15, -0.1) is 0 Å². The van der Waals surface area contributed by atoms with E-state index in [-0.39, 0.29) is 0 Å². The van der Waals surface area contributed by atoms with Crippen molar-refractivity contribution in [2.45, 2.75) is 30.6 Å². The fourth-order valence-electron chi connectivity index (χ4n) is 1.29. The summed E-state index contributed by atoms with van der Waals surface area (Å²) >= 11 is 0. The first-order chi connectivity index (χ1) is 9.80. The van der Waals surface area contributed by atoms with Crippen LogP contribution in [-0.2, 0) is 20.2 Å². The van der Waals surface area contributed by atoms with Crippen LogP contribution >= 0.6 is 0 Å². The summed E-state index contributed by atoms with van der Waals surface area (Å²) < 4.78 is 93.2. The molecule has 0 saturated carbocycles. The van der Waals surface area contributed by atoms with Crippen molar-refractivity contribution in [2.75, 3.05) is 0 Å². The van der Waals surface area contributed by atoms with E-state index in [9.17, 15) is 26.1 Å². The number of halogens is 3. The fourth-order valence-corrected chi connectivity index (χ4v) is 2.26. The maximum Gasteiger partial charge on any atom is 0.485 e. The third-order valence-corrected chi connectivity index (χ3v) is 3.94. The Hall–Kier alpha value is -1.24. The first-order valence-corrected chi connectivity index (χ1v) is 8.61. The van der Waals surface area contributed by atoms with Gasteiger partial charge in [-0.05, 0) is 6.42 Å². The van der Waals surface area contributed by atoms with Gasteiger partial charge in [-0.25, -0.2) is 16.8 Å². The van der Waals surface area contributed by atoms with E-state index in [4.69, 9.17) is 13.0 Å². The van der Waals surface area contributed by atoms with Gasteiger partial charge in [0.2, 0.25) is 5.37 Å². The van der Waals surface area contributed by atoms with Crippen molar-refractivity contribution in [1.29, 1.82) is 0 Å². The number of hydrogen-bond acceptors (Lipinski definition) is 6. The zero-order chi connectivity index (χ0) is 17.6. The summed E-state index contributed by atoms with van der Waals surface area (Å²) in [6, 6.07) is 5.18. The van der Waals surface area contributed by atoms with Crippen LogP contribution in [0.2, 0.25) is 0 Å². The molecule has 1 heterocycles. The number of rotatable bonds is 4. The molecule has 1 rings (SSSR count). The lowest BCUT2D eigenvalue weighted by molar-refractivity contribution is -0.703. The predicted molar refractivity (Wildman–Crippen MR) is 66.0 cm³/mol. The lowest BCUT2D eigenvalue weighted by atomic mass is 10.3.